The van der Waals surface area contributed by atoms with Gasteiger partial charge in [-0.05, 0) is 37.5 Å². The van der Waals surface area contributed by atoms with Crippen LogP contribution in [0, 0.1) is 0 Å². The molecule has 1 atom stereocenters. The Kier molecular flexibility index (Phi) is 5.72. The van der Waals surface area contributed by atoms with Gasteiger partial charge in [0.25, 0.3) is 5.91 Å². The lowest BCUT2D eigenvalue weighted by molar-refractivity contribution is -0.138. The summed E-state index contributed by atoms with van der Waals surface area (Å²) in [7, 11) is 0. The predicted molar refractivity (Wildman–Crippen MR) is 81.2 cm³/mol. The maximum atomic E-state index is 12.5. The Bertz CT molecular complexity index is 442. The van der Waals surface area contributed by atoms with Crippen molar-refractivity contribution in [3.63, 3.8) is 0 Å². The zero-order valence-electron chi connectivity index (χ0n) is 12.0. The molecule has 0 saturated carbocycles. The third-order valence-electron chi connectivity index (χ3n) is 3.64. The van der Waals surface area contributed by atoms with E-state index in [1.165, 1.54) is 12.8 Å². The van der Waals surface area contributed by atoms with Crippen molar-refractivity contribution in [1.82, 2.24) is 4.90 Å². The Morgan fingerprint density at radius 1 is 1.30 bits per heavy atom. The van der Waals surface area contributed by atoms with Gasteiger partial charge in [-0.1, -0.05) is 37.4 Å². The van der Waals surface area contributed by atoms with Gasteiger partial charge in [0.2, 0.25) is 0 Å². The normalized spacial score (nSPS) is 17.4. The summed E-state index contributed by atoms with van der Waals surface area (Å²) < 4.78 is 5.82. The molecule has 1 fully saturated rings. The molecule has 0 bridgehead atoms. The topological polar surface area (TPSA) is 29.5 Å². The van der Waals surface area contributed by atoms with E-state index in [4.69, 9.17) is 16.3 Å². The number of carbonyl (C=O) groups excluding carboxylic acids is 1. The van der Waals surface area contributed by atoms with Gasteiger partial charge in [-0.3, -0.25) is 4.79 Å². The Hall–Kier alpha value is -1.22. The number of ether oxygens (including phenoxy) is 1. The number of benzene rings is 1. The molecule has 1 aromatic carbocycles. The second-order valence-corrected chi connectivity index (χ2v) is 5.65. The third-order valence-corrected chi connectivity index (χ3v) is 3.87. The fourth-order valence-corrected chi connectivity index (χ4v) is 2.69. The zero-order chi connectivity index (χ0) is 14.4. The lowest BCUT2D eigenvalue weighted by Gasteiger charge is -2.26. The number of amides is 1. The van der Waals surface area contributed by atoms with Gasteiger partial charge < -0.3 is 9.64 Å². The van der Waals surface area contributed by atoms with Crippen LogP contribution >= 0.6 is 11.6 Å². The maximum Gasteiger partial charge on any atom is 0.263 e. The van der Waals surface area contributed by atoms with Crippen molar-refractivity contribution < 1.29 is 9.53 Å². The molecule has 2 rings (SSSR count). The molecule has 1 aliphatic heterocycles. The molecule has 0 radical (unpaired) electrons. The summed E-state index contributed by atoms with van der Waals surface area (Å²) in [4.78, 5) is 14.5. The number of likely N-dealkylation sites (tertiary alicyclic amines) is 1. The lowest BCUT2D eigenvalue weighted by Crippen LogP contribution is -2.42. The molecule has 0 spiro atoms. The molecule has 1 amide bonds. The van der Waals surface area contributed by atoms with Crippen LogP contribution in [-0.4, -0.2) is 30.0 Å². The molecule has 4 heteroatoms. The Balaban J connectivity index is 2.01. The minimum Gasteiger partial charge on any atom is -0.481 e. The van der Waals surface area contributed by atoms with E-state index in [0.29, 0.717) is 17.2 Å². The van der Waals surface area contributed by atoms with Crippen molar-refractivity contribution in [2.45, 2.75) is 45.1 Å². The monoisotopic (exact) mass is 295 g/mol. The molecule has 20 heavy (non-hydrogen) atoms. The second-order valence-electron chi connectivity index (χ2n) is 5.21. The molecule has 1 aromatic rings. The first-order chi connectivity index (χ1) is 9.70. The minimum absolute atomic E-state index is 0.106. The molecule has 0 N–H and O–H groups in total. The fourth-order valence-electron chi connectivity index (χ4n) is 2.51. The second kappa shape index (κ2) is 7.53. The van der Waals surface area contributed by atoms with Crippen LogP contribution in [-0.2, 0) is 4.79 Å². The van der Waals surface area contributed by atoms with Crippen molar-refractivity contribution in [2.75, 3.05) is 13.1 Å². The summed E-state index contributed by atoms with van der Waals surface area (Å²) in [5.41, 5.74) is 0. The van der Waals surface area contributed by atoms with E-state index >= 15 is 0 Å². The van der Waals surface area contributed by atoms with Crippen LogP contribution in [0.3, 0.4) is 0 Å². The standard InChI is InChI=1S/C16H22ClNO2/c1-2-15(20-14-9-7-8-13(17)12-14)16(19)18-10-5-3-4-6-11-18/h7-9,12,15H,2-6,10-11H2,1H3/t15-/m1/s1. The van der Waals surface area contributed by atoms with Crippen LogP contribution in [0.15, 0.2) is 24.3 Å². The molecule has 0 unspecified atom stereocenters. The summed E-state index contributed by atoms with van der Waals surface area (Å²) in [5.74, 6) is 0.766. The summed E-state index contributed by atoms with van der Waals surface area (Å²) in [6.07, 6.45) is 4.89. The van der Waals surface area contributed by atoms with Crippen molar-refractivity contribution in [3.05, 3.63) is 29.3 Å². The van der Waals surface area contributed by atoms with Crippen LogP contribution in [0.1, 0.15) is 39.0 Å². The quantitative estimate of drug-likeness (QED) is 0.843. The van der Waals surface area contributed by atoms with Gasteiger partial charge in [0.15, 0.2) is 6.10 Å². The highest BCUT2D eigenvalue weighted by atomic mass is 35.5. The van der Waals surface area contributed by atoms with Crippen LogP contribution in [0.2, 0.25) is 5.02 Å². The molecule has 0 aromatic heterocycles. The number of hydrogen-bond donors (Lipinski definition) is 0. The summed E-state index contributed by atoms with van der Waals surface area (Å²) in [6, 6.07) is 7.22. The number of rotatable bonds is 4. The summed E-state index contributed by atoms with van der Waals surface area (Å²) in [5, 5.41) is 0.625. The molecule has 110 valence electrons. The van der Waals surface area contributed by atoms with Gasteiger partial charge >= 0.3 is 0 Å². The van der Waals surface area contributed by atoms with E-state index < -0.39 is 6.10 Å². The van der Waals surface area contributed by atoms with Gasteiger partial charge in [-0.2, -0.15) is 0 Å². The number of nitrogens with zero attached hydrogens (tertiary/aromatic N) is 1. The van der Waals surface area contributed by atoms with Crippen LogP contribution in [0.25, 0.3) is 0 Å². The Labute approximate surface area is 125 Å². The van der Waals surface area contributed by atoms with Crippen LogP contribution in [0.4, 0.5) is 0 Å². The molecule has 3 nitrogen and oxygen atoms in total. The lowest BCUT2D eigenvalue weighted by atomic mass is 10.2. The van der Waals surface area contributed by atoms with Crippen molar-refractivity contribution in [3.8, 4) is 5.75 Å². The van der Waals surface area contributed by atoms with E-state index in [2.05, 4.69) is 0 Å². The third kappa shape index (κ3) is 4.14. The Morgan fingerprint density at radius 2 is 2.00 bits per heavy atom. The van der Waals surface area contributed by atoms with Crippen molar-refractivity contribution in [2.24, 2.45) is 0 Å². The van der Waals surface area contributed by atoms with Crippen molar-refractivity contribution >= 4 is 17.5 Å². The van der Waals surface area contributed by atoms with Crippen LogP contribution in [0.5, 0.6) is 5.75 Å². The fraction of sp³-hybridized carbons (Fsp3) is 0.562. The van der Waals surface area contributed by atoms with Gasteiger partial charge in [-0.15, -0.1) is 0 Å². The average molecular weight is 296 g/mol. The molecule has 1 saturated heterocycles. The maximum absolute atomic E-state index is 12.5. The SMILES string of the molecule is CC[C@@H](Oc1cccc(Cl)c1)C(=O)N1CCCCCC1. The molecular weight excluding hydrogens is 274 g/mol. The first-order valence-corrected chi connectivity index (χ1v) is 7.79. The van der Waals surface area contributed by atoms with Crippen LogP contribution < -0.4 is 4.74 Å². The first-order valence-electron chi connectivity index (χ1n) is 7.41. The highest BCUT2D eigenvalue weighted by molar-refractivity contribution is 6.30. The van der Waals surface area contributed by atoms with E-state index in [9.17, 15) is 4.79 Å². The van der Waals surface area contributed by atoms with Gasteiger partial charge in [0, 0.05) is 18.1 Å². The molecule has 1 aliphatic rings. The number of hydrogen-bond acceptors (Lipinski definition) is 2. The smallest absolute Gasteiger partial charge is 0.263 e. The predicted octanol–water partition coefficient (Wildman–Crippen LogP) is 3.90. The van der Waals surface area contributed by atoms with Gasteiger partial charge in [-0.25, -0.2) is 0 Å². The largest absolute Gasteiger partial charge is 0.481 e. The number of carbonyl (C=O) groups is 1. The molecule has 0 aliphatic carbocycles. The molecule has 1 heterocycles. The molecular formula is C16H22ClNO2. The van der Waals surface area contributed by atoms with Crippen molar-refractivity contribution in [1.29, 1.82) is 0 Å². The van der Waals surface area contributed by atoms with E-state index in [1.54, 1.807) is 12.1 Å². The van der Waals surface area contributed by atoms with E-state index in [-0.39, 0.29) is 5.91 Å². The summed E-state index contributed by atoms with van der Waals surface area (Å²) in [6.45, 7) is 3.69. The van der Waals surface area contributed by atoms with Gasteiger partial charge in [0.05, 0.1) is 0 Å². The van der Waals surface area contributed by atoms with Gasteiger partial charge in [0.1, 0.15) is 5.75 Å². The van der Waals surface area contributed by atoms with E-state index in [0.717, 1.165) is 25.9 Å². The highest BCUT2D eigenvalue weighted by Crippen LogP contribution is 2.20. The summed E-state index contributed by atoms with van der Waals surface area (Å²) >= 11 is 5.95. The first kappa shape index (κ1) is 15.2. The number of halogens is 1. The zero-order valence-corrected chi connectivity index (χ0v) is 12.7. The average Bonchev–Trinajstić information content (AvgIpc) is 2.73. The highest BCUT2D eigenvalue weighted by Gasteiger charge is 2.25. The Morgan fingerprint density at radius 3 is 2.60 bits per heavy atom. The minimum atomic E-state index is -0.411. The van der Waals surface area contributed by atoms with E-state index in [1.807, 2.05) is 24.0 Å².